The van der Waals surface area contributed by atoms with Crippen LogP contribution < -0.4 is 4.74 Å². The van der Waals surface area contributed by atoms with Crippen molar-refractivity contribution in [2.45, 2.75) is 13.1 Å². The van der Waals surface area contributed by atoms with E-state index in [1.54, 1.807) is 6.92 Å². The minimum atomic E-state index is -4.55. The van der Waals surface area contributed by atoms with Crippen molar-refractivity contribution < 1.29 is 22.3 Å². The molecule has 0 bridgehead atoms. The Balaban J connectivity index is 2.40. The third kappa shape index (κ3) is 3.68. The van der Waals surface area contributed by atoms with Crippen LogP contribution in [0.1, 0.15) is 11.1 Å². The molecule has 0 aromatic heterocycles. The van der Waals surface area contributed by atoms with Gasteiger partial charge in [-0.25, -0.2) is 4.39 Å². The van der Waals surface area contributed by atoms with Gasteiger partial charge in [-0.3, -0.25) is 0 Å². The van der Waals surface area contributed by atoms with Gasteiger partial charge in [0, 0.05) is 6.07 Å². The van der Waals surface area contributed by atoms with Crippen LogP contribution in [0, 0.1) is 12.7 Å². The molecule has 0 aliphatic carbocycles. The second-order valence-electron chi connectivity index (χ2n) is 4.27. The summed E-state index contributed by atoms with van der Waals surface area (Å²) < 4.78 is 56.7. The quantitative estimate of drug-likeness (QED) is 0.548. The summed E-state index contributed by atoms with van der Waals surface area (Å²) in [5.74, 6) is 0.0139. The lowest BCUT2D eigenvalue weighted by molar-refractivity contribution is -0.137. The van der Waals surface area contributed by atoms with Gasteiger partial charge < -0.3 is 4.74 Å². The minimum absolute atomic E-state index is 0.1000. The highest BCUT2D eigenvalue weighted by atomic mass is 79.9. The molecule has 0 saturated carbocycles. The number of alkyl halides is 3. The highest BCUT2D eigenvalue weighted by Gasteiger charge is 2.34. The number of halogens is 6. The summed E-state index contributed by atoms with van der Waals surface area (Å²) in [6.07, 6.45) is -4.55. The third-order valence-corrected chi connectivity index (χ3v) is 3.62. The maximum absolute atomic E-state index is 13.0. The van der Waals surface area contributed by atoms with Gasteiger partial charge in [0.05, 0.1) is 15.1 Å². The van der Waals surface area contributed by atoms with Crippen molar-refractivity contribution in [2.24, 2.45) is 0 Å². The summed E-state index contributed by atoms with van der Waals surface area (Å²) in [4.78, 5) is 0. The van der Waals surface area contributed by atoms with Crippen molar-refractivity contribution in [2.75, 3.05) is 0 Å². The molecule has 0 amide bonds. The second kappa shape index (κ2) is 5.85. The van der Waals surface area contributed by atoms with E-state index in [9.17, 15) is 17.6 Å². The molecule has 0 spiro atoms. The first kappa shape index (κ1) is 16.1. The molecule has 7 heteroatoms. The molecule has 2 rings (SSSR count). The number of benzene rings is 2. The molecular formula is C14H8BrClF4O. The Kier molecular flexibility index (Phi) is 4.49. The number of rotatable bonds is 2. The van der Waals surface area contributed by atoms with E-state index >= 15 is 0 Å². The molecule has 0 N–H and O–H groups in total. The molecule has 112 valence electrons. The van der Waals surface area contributed by atoms with Gasteiger partial charge in [-0.2, -0.15) is 13.2 Å². The van der Waals surface area contributed by atoms with Crippen molar-refractivity contribution in [3.8, 4) is 11.5 Å². The standard InChI is InChI=1S/C14H8BrClF4O/c1-7-4-8(17)2-3-12(7)21-13-6-11(16)9(5-10(13)15)14(18,19)20/h2-6H,1H3. The van der Waals surface area contributed by atoms with Crippen LogP contribution in [0.15, 0.2) is 34.8 Å². The zero-order valence-electron chi connectivity index (χ0n) is 10.6. The number of ether oxygens (including phenoxy) is 1. The Morgan fingerprint density at radius 1 is 1.10 bits per heavy atom. The Morgan fingerprint density at radius 2 is 1.76 bits per heavy atom. The topological polar surface area (TPSA) is 9.23 Å². The van der Waals surface area contributed by atoms with E-state index in [1.807, 2.05) is 0 Å². The molecule has 2 aromatic rings. The number of hydrogen-bond acceptors (Lipinski definition) is 1. The van der Waals surface area contributed by atoms with Crippen LogP contribution in [0.3, 0.4) is 0 Å². The molecule has 0 aliphatic heterocycles. The zero-order chi connectivity index (χ0) is 15.8. The lowest BCUT2D eigenvalue weighted by Gasteiger charge is -2.14. The van der Waals surface area contributed by atoms with Gasteiger partial charge in [-0.05, 0) is 52.7 Å². The van der Waals surface area contributed by atoms with Gasteiger partial charge in [0.1, 0.15) is 17.3 Å². The fraction of sp³-hybridized carbons (Fsp3) is 0.143. The predicted octanol–water partition coefficient (Wildman–Crippen LogP) is 6.36. The summed E-state index contributed by atoms with van der Waals surface area (Å²) in [5, 5.41) is -0.472. The SMILES string of the molecule is Cc1cc(F)ccc1Oc1cc(Cl)c(C(F)(F)F)cc1Br. The molecule has 0 heterocycles. The Hall–Kier alpha value is -1.27. The molecular weight excluding hydrogens is 376 g/mol. The molecule has 21 heavy (non-hydrogen) atoms. The average molecular weight is 384 g/mol. The summed E-state index contributed by atoms with van der Waals surface area (Å²) in [6, 6.07) is 5.76. The lowest BCUT2D eigenvalue weighted by atomic mass is 10.2. The molecule has 0 unspecified atom stereocenters. The van der Waals surface area contributed by atoms with Crippen LogP contribution in [0.25, 0.3) is 0 Å². The Bertz CT molecular complexity index is 685. The van der Waals surface area contributed by atoms with Crippen LogP contribution in [0.4, 0.5) is 17.6 Å². The molecule has 2 aromatic carbocycles. The highest BCUT2D eigenvalue weighted by Crippen LogP contribution is 2.41. The average Bonchev–Trinajstić information content (AvgIpc) is 2.35. The minimum Gasteiger partial charge on any atom is -0.456 e. The van der Waals surface area contributed by atoms with E-state index < -0.39 is 22.6 Å². The molecule has 0 atom stereocenters. The van der Waals surface area contributed by atoms with Crippen LogP contribution >= 0.6 is 27.5 Å². The van der Waals surface area contributed by atoms with Crippen LogP contribution in [0.2, 0.25) is 5.02 Å². The zero-order valence-corrected chi connectivity index (χ0v) is 12.9. The monoisotopic (exact) mass is 382 g/mol. The van der Waals surface area contributed by atoms with Crippen molar-refractivity contribution in [1.29, 1.82) is 0 Å². The smallest absolute Gasteiger partial charge is 0.417 e. The summed E-state index contributed by atoms with van der Waals surface area (Å²) in [6.45, 7) is 1.62. The maximum atomic E-state index is 13.0. The van der Waals surface area contributed by atoms with E-state index in [0.717, 1.165) is 12.1 Å². The molecule has 0 radical (unpaired) electrons. The van der Waals surface area contributed by atoms with Gasteiger partial charge in [0.2, 0.25) is 0 Å². The van der Waals surface area contributed by atoms with Crippen molar-refractivity contribution in [3.05, 3.63) is 56.8 Å². The van der Waals surface area contributed by atoms with Crippen LogP contribution in [0.5, 0.6) is 11.5 Å². The molecule has 1 nitrogen and oxygen atoms in total. The van der Waals surface area contributed by atoms with Gasteiger partial charge >= 0.3 is 6.18 Å². The van der Waals surface area contributed by atoms with Crippen molar-refractivity contribution in [3.63, 3.8) is 0 Å². The van der Waals surface area contributed by atoms with Gasteiger partial charge in [0.25, 0.3) is 0 Å². The lowest BCUT2D eigenvalue weighted by Crippen LogP contribution is -2.06. The number of hydrogen-bond donors (Lipinski definition) is 0. The summed E-state index contributed by atoms with van der Waals surface area (Å²) >= 11 is 8.65. The van der Waals surface area contributed by atoms with Gasteiger partial charge in [-0.15, -0.1) is 0 Å². The summed E-state index contributed by atoms with van der Waals surface area (Å²) in [5.41, 5.74) is -0.447. The first-order valence-corrected chi connectivity index (χ1v) is 6.86. The normalized spacial score (nSPS) is 11.6. The second-order valence-corrected chi connectivity index (χ2v) is 5.53. The van der Waals surface area contributed by atoms with E-state index in [2.05, 4.69) is 15.9 Å². The fourth-order valence-corrected chi connectivity index (χ4v) is 2.35. The maximum Gasteiger partial charge on any atom is 0.417 e. The first-order chi connectivity index (χ1) is 9.68. The molecule has 0 saturated heterocycles. The van der Waals surface area contributed by atoms with Crippen molar-refractivity contribution >= 4 is 27.5 Å². The highest BCUT2D eigenvalue weighted by molar-refractivity contribution is 9.10. The van der Waals surface area contributed by atoms with E-state index in [0.29, 0.717) is 11.3 Å². The Labute approximate surface area is 131 Å². The van der Waals surface area contributed by atoms with E-state index in [4.69, 9.17) is 16.3 Å². The molecule has 0 aliphatic rings. The van der Waals surface area contributed by atoms with Crippen molar-refractivity contribution in [1.82, 2.24) is 0 Å². The van der Waals surface area contributed by atoms with Crippen LogP contribution in [-0.2, 0) is 6.18 Å². The van der Waals surface area contributed by atoms with E-state index in [1.165, 1.54) is 18.2 Å². The van der Waals surface area contributed by atoms with Gasteiger partial charge in [-0.1, -0.05) is 11.6 Å². The first-order valence-electron chi connectivity index (χ1n) is 5.68. The van der Waals surface area contributed by atoms with Gasteiger partial charge in [0.15, 0.2) is 0 Å². The molecule has 0 fully saturated rings. The predicted molar refractivity (Wildman–Crippen MR) is 75.4 cm³/mol. The third-order valence-electron chi connectivity index (χ3n) is 2.68. The van der Waals surface area contributed by atoms with Crippen LogP contribution in [-0.4, -0.2) is 0 Å². The Morgan fingerprint density at radius 3 is 2.33 bits per heavy atom. The van der Waals surface area contributed by atoms with E-state index in [-0.39, 0.29) is 10.2 Å². The summed E-state index contributed by atoms with van der Waals surface area (Å²) in [7, 11) is 0. The fourth-order valence-electron chi connectivity index (χ4n) is 1.67. The number of aryl methyl sites for hydroxylation is 1. The largest absolute Gasteiger partial charge is 0.456 e.